The molecule has 0 fully saturated rings. The second-order valence-electron chi connectivity index (χ2n) is 7.70. The van der Waals surface area contributed by atoms with E-state index in [1.165, 1.54) is 32.9 Å². The second kappa shape index (κ2) is 10.5. The van der Waals surface area contributed by atoms with Gasteiger partial charge in [-0.3, -0.25) is 9.59 Å². The Balaban J connectivity index is 1.97. The third kappa shape index (κ3) is 7.02. The molecule has 1 amide bonds. The Morgan fingerprint density at radius 2 is 1.61 bits per heavy atom. The van der Waals surface area contributed by atoms with Crippen molar-refractivity contribution in [3.05, 3.63) is 47.5 Å². The molecule has 166 valence electrons. The van der Waals surface area contributed by atoms with Crippen LogP contribution in [0.2, 0.25) is 0 Å². The molecular weight excluding hydrogens is 400 g/mol. The van der Waals surface area contributed by atoms with Crippen molar-refractivity contribution in [2.45, 2.75) is 33.1 Å². The van der Waals surface area contributed by atoms with Crippen LogP contribution in [0.15, 0.2) is 41.5 Å². The molecule has 0 aliphatic carbocycles. The number of methoxy groups -OCH3 is 2. The first-order valence-electron chi connectivity index (χ1n) is 9.63. The number of esters is 1. The Labute approximate surface area is 182 Å². The van der Waals surface area contributed by atoms with Gasteiger partial charge in [0.25, 0.3) is 5.91 Å². The zero-order valence-electron chi connectivity index (χ0n) is 18.6. The molecule has 31 heavy (non-hydrogen) atoms. The van der Waals surface area contributed by atoms with E-state index in [9.17, 15) is 9.59 Å². The normalized spacial score (nSPS) is 11.2. The first-order chi connectivity index (χ1) is 14.6. The van der Waals surface area contributed by atoms with E-state index in [1.807, 2.05) is 24.3 Å². The van der Waals surface area contributed by atoms with Crippen molar-refractivity contribution in [1.82, 2.24) is 5.43 Å². The third-order valence-electron chi connectivity index (χ3n) is 4.22. The Hall–Kier alpha value is -3.55. The van der Waals surface area contributed by atoms with Gasteiger partial charge in [-0.25, -0.2) is 5.43 Å². The number of carbonyl (C=O) groups is 2. The Kier molecular flexibility index (Phi) is 8.01. The quantitative estimate of drug-likeness (QED) is 0.299. The van der Waals surface area contributed by atoms with Gasteiger partial charge in [0.2, 0.25) is 5.75 Å². The van der Waals surface area contributed by atoms with E-state index in [1.54, 1.807) is 12.1 Å². The highest BCUT2D eigenvalue weighted by Gasteiger charge is 2.16. The summed E-state index contributed by atoms with van der Waals surface area (Å²) in [5, 5.41) is 3.92. The van der Waals surface area contributed by atoms with Gasteiger partial charge in [0.1, 0.15) is 5.75 Å². The summed E-state index contributed by atoms with van der Waals surface area (Å²) in [5.74, 6) is 0.450. The minimum Gasteiger partial charge on any atom is -0.493 e. The maximum Gasteiger partial charge on any atom is 0.308 e. The van der Waals surface area contributed by atoms with Crippen LogP contribution in [0, 0.1) is 0 Å². The van der Waals surface area contributed by atoms with Crippen molar-refractivity contribution in [3.8, 4) is 23.0 Å². The van der Waals surface area contributed by atoms with Gasteiger partial charge in [0.05, 0.1) is 20.4 Å². The predicted molar refractivity (Wildman–Crippen MR) is 117 cm³/mol. The summed E-state index contributed by atoms with van der Waals surface area (Å²) in [4.78, 5) is 23.3. The smallest absolute Gasteiger partial charge is 0.308 e. The third-order valence-corrected chi connectivity index (χ3v) is 4.22. The summed E-state index contributed by atoms with van der Waals surface area (Å²) in [6.45, 7) is 7.49. The van der Waals surface area contributed by atoms with Crippen LogP contribution in [-0.4, -0.2) is 38.9 Å². The van der Waals surface area contributed by atoms with Crippen molar-refractivity contribution in [3.63, 3.8) is 0 Å². The van der Waals surface area contributed by atoms with E-state index in [-0.39, 0.29) is 17.8 Å². The van der Waals surface area contributed by atoms with Gasteiger partial charge in [0, 0.05) is 12.5 Å². The Bertz CT molecular complexity index is 921. The SMILES string of the molecule is COc1cc(/C=N\NC(=O)COc2ccc(C(C)(C)C)cc2)cc(OC)c1OC(C)=O. The lowest BCUT2D eigenvalue weighted by Crippen LogP contribution is -2.24. The number of carbonyl (C=O) groups excluding carboxylic acids is 2. The molecule has 2 aromatic rings. The first-order valence-corrected chi connectivity index (χ1v) is 9.63. The van der Waals surface area contributed by atoms with Gasteiger partial charge >= 0.3 is 5.97 Å². The average molecular weight is 428 g/mol. The van der Waals surface area contributed by atoms with E-state index in [0.29, 0.717) is 22.8 Å². The van der Waals surface area contributed by atoms with Crippen LogP contribution >= 0.6 is 0 Å². The van der Waals surface area contributed by atoms with Gasteiger partial charge in [-0.2, -0.15) is 5.10 Å². The molecule has 1 N–H and O–H groups in total. The lowest BCUT2D eigenvalue weighted by atomic mass is 9.87. The van der Waals surface area contributed by atoms with E-state index < -0.39 is 11.9 Å². The fraction of sp³-hybridized carbons (Fsp3) is 0.348. The van der Waals surface area contributed by atoms with E-state index >= 15 is 0 Å². The average Bonchev–Trinajstić information content (AvgIpc) is 2.72. The van der Waals surface area contributed by atoms with Crippen LogP contribution in [0.5, 0.6) is 23.0 Å². The summed E-state index contributed by atoms with van der Waals surface area (Å²) in [6, 6.07) is 10.8. The number of nitrogens with zero attached hydrogens (tertiary/aromatic N) is 1. The zero-order chi connectivity index (χ0) is 23.0. The minimum atomic E-state index is -0.502. The number of ether oxygens (including phenoxy) is 4. The maximum absolute atomic E-state index is 12.0. The molecule has 0 aliphatic rings. The van der Waals surface area contributed by atoms with Crippen LogP contribution < -0.4 is 24.4 Å². The van der Waals surface area contributed by atoms with Crippen molar-refractivity contribution in [1.29, 1.82) is 0 Å². The Morgan fingerprint density at radius 3 is 2.10 bits per heavy atom. The topological polar surface area (TPSA) is 95.5 Å². The fourth-order valence-corrected chi connectivity index (χ4v) is 2.63. The molecule has 0 aromatic heterocycles. The standard InChI is InChI=1S/C23H28N2O6/c1-15(26)31-22-19(28-5)11-16(12-20(22)29-6)13-24-25-21(27)14-30-18-9-7-17(8-10-18)23(2,3)4/h7-13H,14H2,1-6H3,(H,25,27)/b24-13-. The molecular formula is C23H28N2O6. The molecule has 0 unspecified atom stereocenters. The Morgan fingerprint density at radius 1 is 1.03 bits per heavy atom. The molecule has 0 bridgehead atoms. The zero-order valence-corrected chi connectivity index (χ0v) is 18.6. The summed E-state index contributed by atoms with van der Waals surface area (Å²) in [5.41, 5.74) is 4.20. The van der Waals surface area contributed by atoms with E-state index in [4.69, 9.17) is 18.9 Å². The maximum atomic E-state index is 12.0. The summed E-state index contributed by atoms with van der Waals surface area (Å²) in [7, 11) is 2.88. The fourth-order valence-electron chi connectivity index (χ4n) is 2.63. The second-order valence-corrected chi connectivity index (χ2v) is 7.70. The number of amides is 1. The van der Waals surface area contributed by atoms with Gasteiger partial charge in [0.15, 0.2) is 18.1 Å². The highest BCUT2D eigenvalue weighted by Crippen LogP contribution is 2.38. The highest BCUT2D eigenvalue weighted by molar-refractivity contribution is 5.85. The number of hydrogen-bond acceptors (Lipinski definition) is 7. The summed E-state index contributed by atoms with van der Waals surface area (Å²) >= 11 is 0. The predicted octanol–water partition coefficient (Wildman–Crippen LogP) is 3.46. The molecule has 0 saturated heterocycles. The lowest BCUT2D eigenvalue weighted by molar-refractivity contribution is -0.132. The molecule has 2 rings (SSSR count). The van der Waals surface area contributed by atoms with E-state index in [0.717, 1.165) is 0 Å². The molecule has 0 spiro atoms. The van der Waals surface area contributed by atoms with Crippen LogP contribution in [0.25, 0.3) is 0 Å². The van der Waals surface area contributed by atoms with Crippen molar-refractivity contribution in [2.24, 2.45) is 5.10 Å². The van der Waals surface area contributed by atoms with Crippen molar-refractivity contribution >= 4 is 18.1 Å². The molecule has 0 radical (unpaired) electrons. The number of hydrazone groups is 1. The highest BCUT2D eigenvalue weighted by atomic mass is 16.6. The van der Waals surface area contributed by atoms with Crippen molar-refractivity contribution in [2.75, 3.05) is 20.8 Å². The van der Waals surface area contributed by atoms with Crippen LogP contribution in [-0.2, 0) is 15.0 Å². The number of benzene rings is 2. The molecule has 0 heterocycles. The minimum absolute atomic E-state index is 0.0480. The van der Waals surface area contributed by atoms with Crippen LogP contribution in [0.1, 0.15) is 38.8 Å². The number of nitrogens with one attached hydrogen (secondary N) is 1. The van der Waals surface area contributed by atoms with Crippen molar-refractivity contribution < 1.29 is 28.5 Å². The van der Waals surface area contributed by atoms with Gasteiger partial charge < -0.3 is 18.9 Å². The van der Waals surface area contributed by atoms with Crippen LogP contribution in [0.3, 0.4) is 0 Å². The van der Waals surface area contributed by atoms with E-state index in [2.05, 4.69) is 31.3 Å². The lowest BCUT2D eigenvalue weighted by Gasteiger charge is -2.19. The molecule has 0 aliphatic heterocycles. The monoisotopic (exact) mass is 428 g/mol. The van der Waals surface area contributed by atoms with Gasteiger partial charge in [-0.05, 0) is 35.2 Å². The molecule has 2 aromatic carbocycles. The molecule has 8 heteroatoms. The first kappa shape index (κ1) is 23.7. The molecule has 8 nitrogen and oxygen atoms in total. The number of hydrogen-bond donors (Lipinski definition) is 1. The number of rotatable bonds is 8. The van der Waals surface area contributed by atoms with Gasteiger partial charge in [-0.1, -0.05) is 32.9 Å². The summed E-state index contributed by atoms with van der Waals surface area (Å²) in [6.07, 6.45) is 1.42. The van der Waals surface area contributed by atoms with Crippen LogP contribution in [0.4, 0.5) is 0 Å². The van der Waals surface area contributed by atoms with Gasteiger partial charge in [-0.15, -0.1) is 0 Å². The largest absolute Gasteiger partial charge is 0.493 e. The molecule has 0 atom stereocenters. The summed E-state index contributed by atoms with van der Waals surface area (Å²) < 4.78 is 21.1. The molecule has 0 saturated carbocycles.